The van der Waals surface area contributed by atoms with Crippen molar-refractivity contribution in [3.05, 3.63) is 54.4 Å². The molecule has 8 heteroatoms. The van der Waals surface area contributed by atoms with Crippen LogP contribution in [0, 0.1) is 0 Å². The van der Waals surface area contributed by atoms with E-state index in [1.54, 1.807) is 47.4 Å². The Hall–Kier alpha value is -3.00. The number of hydrogen-bond acceptors (Lipinski definition) is 7. The van der Waals surface area contributed by atoms with Gasteiger partial charge in [0.05, 0.1) is 13.2 Å². The molecule has 1 fully saturated rings. The number of ether oxygens (including phenoxy) is 2. The van der Waals surface area contributed by atoms with Crippen molar-refractivity contribution in [3.8, 4) is 0 Å². The summed E-state index contributed by atoms with van der Waals surface area (Å²) in [5.41, 5.74) is 0.640. The fourth-order valence-corrected chi connectivity index (χ4v) is 2.76. The topological polar surface area (TPSA) is 84.9 Å². The molecule has 3 rings (SSSR count). The van der Waals surface area contributed by atoms with Crippen LogP contribution in [-0.2, 0) is 19.1 Å². The third-order valence-electron chi connectivity index (χ3n) is 4.16. The molecule has 2 aromatic rings. The number of carbonyl (C=O) groups excluding carboxylic acids is 2. The van der Waals surface area contributed by atoms with Crippen LogP contribution in [0.15, 0.2) is 48.8 Å². The highest BCUT2D eigenvalue weighted by Gasteiger charge is 2.30. The summed E-state index contributed by atoms with van der Waals surface area (Å²) in [7, 11) is 1.69. The summed E-state index contributed by atoms with van der Waals surface area (Å²) in [6.07, 6.45) is 2.21. The minimum atomic E-state index is -0.984. The number of benzene rings is 1. The molecule has 142 valence electrons. The van der Waals surface area contributed by atoms with Crippen LogP contribution in [0.2, 0.25) is 0 Å². The van der Waals surface area contributed by atoms with E-state index in [1.807, 2.05) is 18.2 Å². The molecule has 1 amide bonds. The molecule has 0 N–H and O–H groups in total. The molecule has 1 aromatic carbocycles. The highest BCUT2D eigenvalue weighted by Crippen LogP contribution is 2.21. The van der Waals surface area contributed by atoms with E-state index < -0.39 is 12.1 Å². The van der Waals surface area contributed by atoms with E-state index in [4.69, 9.17) is 9.47 Å². The lowest BCUT2D eigenvalue weighted by molar-refractivity contribution is -0.161. The van der Waals surface area contributed by atoms with Crippen LogP contribution < -0.4 is 4.90 Å². The third kappa shape index (κ3) is 5.01. The zero-order valence-electron chi connectivity index (χ0n) is 15.2. The standard InChI is InChI=1S/C19H22N4O4/c1-22(19-20-8-5-9-21-19)14-16(24)27-17(15-6-3-2-4-7-15)18(25)23-10-12-26-13-11-23/h2-9,17H,10-14H2,1H3/t17-/m1/s1. The highest BCUT2D eigenvalue weighted by atomic mass is 16.5. The molecule has 0 aliphatic carbocycles. The van der Waals surface area contributed by atoms with Crippen LogP contribution in [0.1, 0.15) is 11.7 Å². The lowest BCUT2D eigenvalue weighted by Crippen LogP contribution is -2.44. The predicted octanol–water partition coefficient (Wildman–Crippen LogP) is 1.06. The Balaban J connectivity index is 1.71. The van der Waals surface area contributed by atoms with Crippen molar-refractivity contribution in [1.29, 1.82) is 0 Å². The third-order valence-corrected chi connectivity index (χ3v) is 4.16. The van der Waals surface area contributed by atoms with Crippen LogP contribution >= 0.6 is 0 Å². The van der Waals surface area contributed by atoms with Gasteiger partial charge in [0.25, 0.3) is 5.91 Å². The molecular weight excluding hydrogens is 348 g/mol. The van der Waals surface area contributed by atoms with Crippen LogP contribution in [0.5, 0.6) is 0 Å². The van der Waals surface area contributed by atoms with Crippen molar-refractivity contribution in [2.24, 2.45) is 0 Å². The highest BCUT2D eigenvalue weighted by molar-refractivity contribution is 5.86. The van der Waals surface area contributed by atoms with Gasteiger partial charge >= 0.3 is 5.97 Å². The Bertz CT molecular complexity index is 751. The van der Waals surface area contributed by atoms with E-state index >= 15 is 0 Å². The molecule has 1 aliphatic heterocycles. The Labute approximate surface area is 157 Å². The summed E-state index contributed by atoms with van der Waals surface area (Å²) in [4.78, 5) is 36.9. The van der Waals surface area contributed by atoms with Crippen LogP contribution in [-0.4, -0.2) is 66.6 Å². The average Bonchev–Trinajstić information content (AvgIpc) is 2.73. The average molecular weight is 370 g/mol. The summed E-state index contributed by atoms with van der Waals surface area (Å²) in [6.45, 7) is 1.86. The van der Waals surface area contributed by atoms with Crippen molar-refractivity contribution in [2.75, 3.05) is 44.8 Å². The van der Waals surface area contributed by atoms with Crippen LogP contribution in [0.3, 0.4) is 0 Å². The number of rotatable bonds is 6. The van der Waals surface area contributed by atoms with E-state index in [-0.39, 0.29) is 12.5 Å². The second-order valence-electron chi connectivity index (χ2n) is 6.12. The molecule has 0 saturated carbocycles. The molecule has 2 heterocycles. The summed E-state index contributed by atoms with van der Waals surface area (Å²) >= 11 is 0. The number of likely N-dealkylation sites (N-methyl/N-ethyl adjacent to an activating group) is 1. The number of morpholine rings is 1. The molecular formula is C19H22N4O4. The maximum Gasteiger partial charge on any atom is 0.326 e. The van der Waals surface area contributed by atoms with Crippen molar-refractivity contribution < 1.29 is 19.1 Å². The summed E-state index contributed by atoms with van der Waals surface area (Å²) in [5.74, 6) is -0.359. The Morgan fingerprint density at radius 3 is 2.48 bits per heavy atom. The Kier molecular flexibility index (Phi) is 6.32. The quantitative estimate of drug-likeness (QED) is 0.703. The number of nitrogens with zero attached hydrogens (tertiary/aromatic N) is 4. The first-order valence-corrected chi connectivity index (χ1v) is 8.74. The van der Waals surface area contributed by atoms with Gasteiger partial charge in [-0.05, 0) is 6.07 Å². The van der Waals surface area contributed by atoms with E-state index in [0.29, 0.717) is 37.8 Å². The van der Waals surface area contributed by atoms with E-state index in [1.165, 1.54) is 0 Å². The monoisotopic (exact) mass is 370 g/mol. The van der Waals surface area contributed by atoms with Gasteiger partial charge in [0, 0.05) is 38.1 Å². The first-order valence-electron chi connectivity index (χ1n) is 8.74. The van der Waals surface area contributed by atoms with Gasteiger partial charge in [-0.2, -0.15) is 0 Å². The first-order chi connectivity index (χ1) is 13.1. The van der Waals surface area contributed by atoms with Gasteiger partial charge < -0.3 is 19.3 Å². The number of esters is 1. The summed E-state index contributed by atoms with van der Waals surface area (Å²) in [6, 6.07) is 10.7. The molecule has 1 aliphatic rings. The van der Waals surface area contributed by atoms with Crippen molar-refractivity contribution in [2.45, 2.75) is 6.10 Å². The lowest BCUT2D eigenvalue weighted by atomic mass is 10.1. The fraction of sp³-hybridized carbons (Fsp3) is 0.368. The molecule has 1 saturated heterocycles. The first kappa shape index (κ1) is 18.8. The number of carbonyl (C=O) groups is 2. The van der Waals surface area contributed by atoms with Crippen LogP contribution in [0.25, 0.3) is 0 Å². The van der Waals surface area contributed by atoms with Crippen molar-refractivity contribution >= 4 is 17.8 Å². The summed E-state index contributed by atoms with van der Waals surface area (Å²) in [5, 5.41) is 0. The van der Waals surface area contributed by atoms with E-state index in [0.717, 1.165) is 0 Å². The maximum atomic E-state index is 12.9. The number of hydrogen-bond donors (Lipinski definition) is 0. The second kappa shape index (κ2) is 9.09. The van der Waals surface area contributed by atoms with Gasteiger partial charge in [0.1, 0.15) is 6.54 Å². The zero-order valence-corrected chi connectivity index (χ0v) is 15.2. The lowest BCUT2D eigenvalue weighted by Gasteiger charge is -2.30. The number of amides is 1. The largest absolute Gasteiger partial charge is 0.446 e. The molecule has 8 nitrogen and oxygen atoms in total. The zero-order chi connectivity index (χ0) is 19.1. The van der Waals surface area contributed by atoms with Gasteiger partial charge in [-0.15, -0.1) is 0 Å². The van der Waals surface area contributed by atoms with Gasteiger partial charge in [-0.25, -0.2) is 9.97 Å². The Morgan fingerprint density at radius 2 is 1.81 bits per heavy atom. The molecule has 1 atom stereocenters. The molecule has 27 heavy (non-hydrogen) atoms. The van der Waals surface area contributed by atoms with Crippen molar-refractivity contribution in [3.63, 3.8) is 0 Å². The van der Waals surface area contributed by atoms with E-state index in [9.17, 15) is 9.59 Å². The molecule has 0 spiro atoms. The maximum absolute atomic E-state index is 12.9. The normalized spacial score (nSPS) is 15.1. The van der Waals surface area contributed by atoms with Crippen LogP contribution in [0.4, 0.5) is 5.95 Å². The fourth-order valence-electron chi connectivity index (χ4n) is 2.76. The minimum absolute atomic E-state index is 0.0657. The van der Waals surface area contributed by atoms with Gasteiger partial charge in [0.15, 0.2) is 0 Å². The van der Waals surface area contributed by atoms with Crippen molar-refractivity contribution in [1.82, 2.24) is 14.9 Å². The minimum Gasteiger partial charge on any atom is -0.446 e. The molecule has 0 radical (unpaired) electrons. The molecule has 0 unspecified atom stereocenters. The predicted molar refractivity (Wildman–Crippen MR) is 98.0 cm³/mol. The Morgan fingerprint density at radius 1 is 1.15 bits per heavy atom. The van der Waals surface area contributed by atoms with Gasteiger partial charge in [0.2, 0.25) is 12.1 Å². The number of aromatic nitrogens is 2. The van der Waals surface area contributed by atoms with E-state index in [2.05, 4.69) is 9.97 Å². The smallest absolute Gasteiger partial charge is 0.326 e. The molecule has 0 bridgehead atoms. The summed E-state index contributed by atoms with van der Waals surface area (Å²) < 4.78 is 10.9. The number of anilines is 1. The van der Waals surface area contributed by atoms with Gasteiger partial charge in [-0.3, -0.25) is 9.59 Å². The SMILES string of the molecule is CN(CC(=O)O[C@@H](C(=O)N1CCOCC1)c1ccccc1)c1ncccn1. The molecule has 1 aromatic heterocycles. The second-order valence-corrected chi connectivity index (χ2v) is 6.12. The van der Waals surface area contributed by atoms with Gasteiger partial charge in [-0.1, -0.05) is 30.3 Å².